The highest BCUT2D eigenvalue weighted by Gasteiger charge is 2.31. The molecule has 0 N–H and O–H groups in total. The Bertz CT molecular complexity index is 730. The van der Waals surface area contributed by atoms with Gasteiger partial charge in [-0.25, -0.2) is 4.98 Å². The standard InChI is InChI=1S/C19H24N4OS/c1-14-5-7-15(8-6-14)13-17-20-19(25-21-17)23-11-9-22(10-12-23)18(24)16-3-2-4-16/h5-8,16H,2-4,9-13H2,1H3. The lowest BCUT2D eigenvalue weighted by atomic mass is 9.84. The maximum atomic E-state index is 12.3. The fourth-order valence-corrected chi connectivity index (χ4v) is 4.10. The lowest BCUT2D eigenvalue weighted by Gasteiger charge is -2.38. The molecule has 0 radical (unpaired) electrons. The van der Waals surface area contributed by atoms with Crippen molar-refractivity contribution in [2.24, 2.45) is 5.92 Å². The van der Waals surface area contributed by atoms with Crippen LogP contribution >= 0.6 is 11.5 Å². The number of benzene rings is 1. The predicted molar refractivity (Wildman–Crippen MR) is 100 cm³/mol. The van der Waals surface area contributed by atoms with Crippen LogP contribution in [0.1, 0.15) is 36.2 Å². The molecule has 0 atom stereocenters. The van der Waals surface area contributed by atoms with E-state index in [0.717, 1.165) is 56.4 Å². The number of aromatic nitrogens is 2. The molecule has 2 heterocycles. The number of piperazine rings is 1. The zero-order chi connectivity index (χ0) is 17.2. The van der Waals surface area contributed by atoms with E-state index in [-0.39, 0.29) is 0 Å². The normalized spacial score (nSPS) is 18.3. The Hall–Kier alpha value is -1.95. The molecule has 2 aliphatic rings. The van der Waals surface area contributed by atoms with Gasteiger partial charge in [0, 0.05) is 50.1 Å². The molecule has 2 aromatic rings. The van der Waals surface area contributed by atoms with Gasteiger partial charge in [0.25, 0.3) is 0 Å². The lowest BCUT2D eigenvalue weighted by Crippen LogP contribution is -2.51. The fourth-order valence-electron chi connectivity index (χ4n) is 3.37. The van der Waals surface area contributed by atoms with Crippen molar-refractivity contribution >= 4 is 22.6 Å². The van der Waals surface area contributed by atoms with Crippen molar-refractivity contribution in [2.75, 3.05) is 31.1 Å². The molecule has 1 aromatic heterocycles. The highest BCUT2D eigenvalue weighted by molar-refractivity contribution is 7.09. The molecule has 1 aliphatic heterocycles. The van der Waals surface area contributed by atoms with E-state index in [0.29, 0.717) is 11.8 Å². The van der Waals surface area contributed by atoms with Crippen molar-refractivity contribution in [2.45, 2.75) is 32.6 Å². The fraction of sp³-hybridized carbons (Fsp3) is 0.526. The molecule has 4 rings (SSSR count). The summed E-state index contributed by atoms with van der Waals surface area (Å²) in [6, 6.07) is 8.53. The Kier molecular flexibility index (Phi) is 4.70. The molecule has 1 saturated carbocycles. The summed E-state index contributed by atoms with van der Waals surface area (Å²) in [6.45, 7) is 5.43. The van der Waals surface area contributed by atoms with Gasteiger partial charge < -0.3 is 9.80 Å². The van der Waals surface area contributed by atoms with E-state index in [9.17, 15) is 4.79 Å². The second-order valence-electron chi connectivity index (χ2n) is 7.10. The van der Waals surface area contributed by atoms with Gasteiger partial charge in [-0.05, 0) is 25.3 Å². The number of aryl methyl sites for hydroxylation is 1. The van der Waals surface area contributed by atoms with Crippen LogP contribution in [0, 0.1) is 12.8 Å². The molecular formula is C19H24N4OS. The molecule has 6 heteroatoms. The zero-order valence-electron chi connectivity index (χ0n) is 14.6. The first kappa shape index (κ1) is 16.5. The lowest BCUT2D eigenvalue weighted by molar-refractivity contribution is -0.138. The molecule has 25 heavy (non-hydrogen) atoms. The van der Waals surface area contributed by atoms with Gasteiger partial charge in [-0.1, -0.05) is 36.2 Å². The van der Waals surface area contributed by atoms with E-state index in [1.54, 1.807) is 0 Å². The minimum atomic E-state index is 0.300. The Morgan fingerprint density at radius 1 is 1.16 bits per heavy atom. The molecule has 0 spiro atoms. The minimum absolute atomic E-state index is 0.300. The van der Waals surface area contributed by atoms with Gasteiger partial charge in [0.2, 0.25) is 11.0 Å². The van der Waals surface area contributed by atoms with Gasteiger partial charge in [0.1, 0.15) is 5.82 Å². The van der Waals surface area contributed by atoms with Gasteiger partial charge >= 0.3 is 0 Å². The Morgan fingerprint density at radius 3 is 2.52 bits per heavy atom. The van der Waals surface area contributed by atoms with Crippen LogP contribution in [0.4, 0.5) is 5.13 Å². The second kappa shape index (κ2) is 7.12. The van der Waals surface area contributed by atoms with E-state index >= 15 is 0 Å². The third kappa shape index (κ3) is 3.68. The molecule has 0 unspecified atom stereocenters. The first-order valence-corrected chi connectivity index (χ1v) is 9.88. The number of amides is 1. The summed E-state index contributed by atoms with van der Waals surface area (Å²) < 4.78 is 4.52. The van der Waals surface area contributed by atoms with Gasteiger partial charge in [0.15, 0.2) is 0 Å². The maximum absolute atomic E-state index is 12.3. The smallest absolute Gasteiger partial charge is 0.225 e. The first-order chi connectivity index (χ1) is 12.2. The predicted octanol–water partition coefficient (Wildman–Crippen LogP) is 2.89. The number of carbonyl (C=O) groups excluding carboxylic acids is 1. The monoisotopic (exact) mass is 356 g/mol. The van der Waals surface area contributed by atoms with Gasteiger partial charge in [-0.15, -0.1) is 0 Å². The van der Waals surface area contributed by atoms with Crippen molar-refractivity contribution < 1.29 is 4.79 Å². The third-order valence-electron chi connectivity index (χ3n) is 5.26. The summed E-state index contributed by atoms with van der Waals surface area (Å²) >= 11 is 1.47. The van der Waals surface area contributed by atoms with E-state index in [1.807, 2.05) is 4.90 Å². The van der Waals surface area contributed by atoms with Crippen molar-refractivity contribution in [3.63, 3.8) is 0 Å². The molecule has 1 aliphatic carbocycles. The van der Waals surface area contributed by atoms with E-state index in [1.165, 1.54) is 29.1 Å². The Balaban J connectivity index is 1.33. The number of nitrogens with zero attached hydrogens (tertiary/aromatic N) is 4. The van der Waals surface area contributed by atoms with E-state index in [2.05, 4.69) is 40.5 Å². The summed E-state index contributed by atoms with van der Waals surface area (Å²) in [5.74, 6) is 1.55. The van der Waals surface area contributed by atoms with Crippen LogP contribution in [0.3, 0.4) is 0 Å². The molecule has 132 valence electrons. The number of carbonyl (C=O) groups is 1. The van der Waals surface area contributed by atoms with Crippen molar-refractivity contribution in [3.8, 4) is 0 Å². The summed E-state index contributed by atoms with van der Waals surface area (Å²) in [5.41, 5.74) is 2.51. The maximum Gasteiger partial charge on any atom is 0.225 e. The number of rotatable bonds is 4. The summed E-state index contributed by atoms with van der Waals surface area (Å²) in [4.78, 5) is 21.4. The second-order valence-corrected chi connectivity index (χ2v) is 7.83. The van der Waals surface area contributed by atoms with E-state index < -0.39 is 0 Å². The van der Waals surface area contributed by atoms with Crippen molar-refractivity contribution in [1.29, 1.82) is 0 Å². The number of hydrogen-bond acceptors (Lipinski definition) is 5. The third-order valence-corrected chi connectivity index (χ3v) is 6.07. The largest absolute Gasteiger partial charge is 0.343 e. The summed E-state index contributed by atoms with van der Waals surface area (Å²) in [7, 11) is 0. The molecule has 0 bridgehead atoms. The molecule has 1 amide bonds. The summed E-state index contributed by atoms with van der Waals surface area (Å²) in [5, 5.41) is 0.984. The minimum Gasteiger partial charge on any atom is -0.343 e. The zero-order valence-corrected chi connectivity index (χ0v) is 15.5. The van der Waals surface area contributed by atoms with Crippen LogP contribution < -0.4 is 4.90 Å². The van der Waals surface area contributed by atoms with Gasteiger partial charge in [0.05, 0.1) is 0 Å². The molecule has 1 aromatic carbocycles. The quantitative estimate of drug-likeness (QED) is 0.845. The van der Waals surface area contributed by atoms with Crippen molar-refractivity contribution in [1.82, 2.24) is 14.3 Å². The summed E-state index contributed by atoms with van der Waals surface area (Å²) in [6.07, 6.45) is 4.15. The number of hydrogen-bond donors (Lipinski definition) is 0. The van der Waals surface area contributed by atoms with Crippen molar-refractivity contribution in [3.05, 3.63) is 41.2 Å². The van der Waals surface area contributed by atoms with Crippen LogP contribution in [-0.2, 0) is 11.2 Å². The Labute approximate surface area is 152 Å². The SMILES string of the molecule is Cc1ccc(Cc2nsc(N3CCN(C(=O)C4CCC4)CC3)n2)cc1. The highest BCUT2D eigenvalue weighted by atomic mass is 32.1. The van der Waals surface area contributed by atoms with Crippen LogP contribution in [0.2, 0.25) is 0 Å². The van der Waals surface area contributed by atoms with Crippen LogP contribution in [0.25, 0.3) is 0 Å². The average Bonchev–Trinajstić information content (AvgIpc) is 3.04. The van der Waals surface area contributed by atoms with Crippen LogP contribution in [0.5, 0.6) is 0 Å². The van der Waals surface area contributed by atoms with Crippen LogP contribution in [-0.4, -0.2) is 46.3 Å². The van der Waals surface area contributed by atoms with Crippen LogP contribution in [0.15, 0.2) is 24.3 Å². The first-order valence-electron chi connectivity index (χ1n) is 9.11. The van der Waals surface area contributed by atoms with E-state index in [4.69, 9.17) is 4.98 Å². The molecule has 2 fully saturated rings. The highest BCUT2D eigenvalue weighted by Crippen LogP contribution is 2.29. The van der Waals surface area contributed by atoms with Gasteiger partial charge in [-0.3, -0.25) is 4.79 Å². The number of anilines is 1. The molecule has 5 nitrogen and oxygen atoms in total. The average molecular weight is 356 g/mol. The topological polar surface area (TPSA) is 49.3 Å². The Morgan fingerprint density at radius 2 is 1.88 bits per heavy atom. The molecular weight excluding hydrogens is 332 g/mol. The van der Waals surface area contributed by atoms with Gasteiger partial charge in [-0.2, -0.15) is 4.37 Å². The molecule has 1 saturated heterocycles.